The van der Waals surface area contributed by atoms with Gasteiger partial charge in [0.15, 0.2) is 0 Å². The van der Waals surface area contributed by atoms with Crippen LogP contribution in [0.3, 0.4) is 0 Å². The highest BCUT2D eigenvalue weighted by atomic mass is 16.2. The molecule has 1 aliphatic heterocycles. The third kappa shape index (κ3) is 1.56. The minimum atomic E-state index is -0.128. The molecule has 0 unspecified atom stereocenters. The number of rotatable bonds is 1. The van der Waals surface area contributed by atoms with Crippen LogP contribution < -0.4 is 0 Å². The lowest BCUT2D eigenvalue weighted by atomic mass is 10.0. The molecule has 0 radical (unpaired) electrons. The summed E-state index contributed by atoms with van der Waals surface area (Å²) >= 11 is 0. The van der Waals surface area contributed by atoms with Gasteiger partial charge in [-0.2, -0.15) is 4.68 Å². The van der Waals surface area contributed by atoms with Crippen LogP contribution in [0.4, 0.5) is 0 Å². The van der Waals surface area contributed by atoms with E-state index in [0.717, 1.165) is 5.56 Å². The molecule has 20 heavy (non-hydrogen) atoms. The third-order valence-corrected chi connectivity index (χ3v) is 3.36. The number of carbonyl (C=O) groups excluding carboxylic acids is 1. The quantitative estimate of drug-likeness (QED) is 0.526. The second kappa shape index (κ2) is 4.09. The number of hydrogen-bond acceptors (Lipinski definition) is 4. The zero-order chi connectivity index (χ0) is 13.5. The van der Waals surface area contributed by atoms with Gasteiger partial charge in [0.1, 0.15) is 11.5 Å². The Morgan fingerprint density at radius 3 is 2.75 bits per heavy atom. The molecule has 0 bridgehead atoms. The summed E-state index contributed by atoms with van der Waals surface area (Å²) in [5.41, 5.74) is 2.36. The SMILES string of the molecule is O=C1c2ccccc2Cc2nc(-c3ccccn3)nn21. The Hall–Kier alpha value is -2.82. The van der Waals surface area contributed by atoms with E-state index in [1.807, 2.05) is 42.5 Å². The van der Waals surface area contributed by atoms with Gasteiger partial charge >= 0.3 is 0 Å². The Bertz CT molecular complexity index is 808. The van der Waals surface area contributed by atoms with E-state index in [-0.39, 0.29) is 5.91 Å². The van der Waals surface area contributed by atoms with E-state index in [9.17, 15) is 4.79 Å². The molecule has 5 heteroatoms. The van der Waals surface area contributed by atoms with Crippen LogP contribution in [0.5, 0.6) is 0 Å². The van der Waals surface area contributed by atoms with Crippen LogP contribution in [0.25, 0.3) is 11.5 Å². The van der Waals surface area contributed by atoms with Crippen LogP contribution in [0.15, 0.2) is 48.7 Å². The highest BCUT2D eigenvalue weighted by molar-refractivity contribution is 5.98. The van der Waals surface area contributed by atoms with Gasteiger partial charge in [0.05, 0.1) is 0 Å². The number of aromatic nitrogens is 4. The molecule has 0 saturated carbocycles. The molecule has 0 N–H and O–H groups in total. The molecule has 0 saturated heterocycles. The highest BCUT2D eigenvalue weighted by Gasteiger charge is 2.26. The van der Waals surface area contributed by atoms with Crippen molar-refractivity contribution in [3.05, 3.63) is 65.6 Å². The lowest BCUT2D eigenvalue weighted by Crippen LogP contribution is -2.23. The lowest BCUT2D eigenvalue weighted by Gasteiger charge is -2.14. The first-order valence-electron chi connectivity index (χ1n) is 6.33. The molecule has 4 rings (SSSR count). The molecule has 0 atom stereocenters. The maximum Gasteiger partial charge on any atom is 0.280 e. The molecule has 1 aromatic carbocycles. The van der Waals surface area contributed by atoms with Crippen LogP contribution in [-0.4, -0.2) is 25.7 Å². The van der Waals surface area contributed by atoms with E-state index >= 15 is 0 Å². The summed E-state index contributed by atoms with van der Waals surface area (Å²) in [6.07, 6.45) is 2.30. The van der Waals surface area contributed by atoms with E-state index in [1.165, 1.54) is 4.68 Å². The number of hydrogen-bond donors (Lipinski definition) is 0. The molecular weight excluding hydrogens is 252 g/mol. The zero-order valence-corrected chi connectivity index (χ0v) is 10.5. The van der Waals surface area contributed by atoms with Gasteiger partial charge in [0, 0.05) is 18.2 Å². The van der Waals surface area contributed by atoms with Gasteiger partial charge in [0.2, 0.25) is 5.82 Å². The summed E-state index contributed by atoms with van der Waals surface area (Å²) in [6, 6.07) is 13.1. The van der Waals surface area contributed by atoms with Gasteiger partial charge in [-0.1, -0.05) is 24.3 Å². The fourth-order valence-electron chi connectivity index (χ4n) is 2.39. The molecule has 0 spiro atoms. The summed E-state index contributed by atoms with van der Waals surface area (Å²) < 4.78 is 1.38. The lowest BCUT2D eigenvalue weighted by molar-refractivity contribution is 0.0935. The second-order valence-electron chi connectivity index (χ2n) is 4.62. The van der Waals surface area contributed by atoms with Crippen molar-refractivity contribution in [2.45, 2.75) is 6.42 Å². The predicted octanol–water partition coefficient (Wildman–Crippen LogP) is 1.93. The number of benzene rings is 1. The van der Waals surface area contributed by atoms with Crippen LogP contribution in [0, 0.1) is 0 Å². The van der Waals surface area contributed by atoms with Crippen molar-refractivity contribution in [1.29, 1.82) is 0 Å². The van der Waals surface area contributed by atoms with Gasteiger partial charge in [0.25, 0.3) is 5.91 Å². The van der Waals surface area contributed by atoms with Crippen molar-refractivity contribution in [2.24, 2.45) is 0 Å². The number of carbonyl (C=O) groups is 1. The van der Waals surface area contributed by atoms with E-state index in [4.69, 9.17) is 0 Å². The molecule has 2 aromatic heterocycles. The van der Waals surface area contributed by atoms with Crippen molar-refractivity contribution >= 4 is 5.91 Å². The Balaban J connectivity index is 1.84. The van der Waals surface area contributed by atoms with Crippen molar-refractivity contribution in [3.8, 4) is 11.5 Å². The Morgan fingerprint density at radius 2 is 1.90 bits per heavy atom. The Labute approximate surface area is 114 Å². The molecule has 5 nitrogen and oxygen atoms in total. The van der Waals surface area contributed by atoms with Gasteiger partial charge in [-0.05, 0) is 23.8 Å². The maximum atomic E-state index is 12.4. The summed E-state index contributed by atoms with van der Waals surface area (Å²) in [6.45, 7) is 0. The number of pyridine rings is 1. The first kappa shape index (κ1) is 11.0. The Morgan fingerprint density at radius 1 is 1.05 bits per heavy atom. The molecule has 3 heterocycles. The molecule has 3 aromatic rings. The maximum absolute atomic E-state index is 12.4. The van der Waals surface area contributed by atoms with Crippen LogP contribution >= 0.6 is 0 Å². The van der Waals surface area contributed by atoms with E-state index in [2.05, 4.69) is 15.1 Å². The largest absolute Gasteiger partial charge is 0.280 e. The van der Waals surface area contributed by atoms with Crippen molar-refractivity contribution in [2.75, 3.05) is 0 Å². The van der Waals surface area contributed by atoms with Crippen molar-refractivity contribution in [3.63, 3.8) is 0 Å². The van der Waals surface area contributed by atoms with E-state index in [0.29, 0.717) is 29.3 Å². The predicted molar refractivity (Wildman–Crippen MR) is 72.2 cm³/mol. The second-order valence-corrected chi connectivity index (χ2v) is 4.62. The van der Waals surface area contributed by atoms with Crippen LogP contribution in [0.1, 0.15) is 21.7 Å². The van der Waals surface area contributed by atoms with Gasteiger partial charge in [-0.15, -0.1) is 5.10 Å². The van der Waals surface area contributed by atoms with Crippen molar-refractivity contribution in [1.82, 2.24) is 19.7 Å². The molecule has 0 fully saturated rings. The Kier molecular flexibility index (Phi) is 2.26. The van der Waals surface area contributed by atoms with Crippen molar-refractivity contribution < 1.29 is 4.79 Å². The minimum absolute atomic E-state index is 0.128. The van der Waals surface area contributed by atoms with E-state index < -0.39 is 0 Å². The van der Waals surface area contributed by atoms with Gasteiger partial charge < -0.3 is 0 Å². The summed E-state index contributed by atoms with van der Waals surface area (Å²) in [5, 5.41) is 4.29. The molecule has 0 aliphatic carbocycles. The molecule has 1 aliphatic rings. The standard InChI is InChI=1S/C15H10N4O/c20-15-11-6-2-1-5-10(11)9-13-17-14(18-19(13)15)12-7-3-4-8-16-12/h1-8H,9H2. The normalized spacial score (nSPS) is 12.9. The fourth-order valence-corrected chi connectivity index (χ4v) is 2.39. The average molecular weight is 262 g/mol. The average Bonchev–Trinajstić information content (AvgIpc) is 2.93. The first-order chi connectivity index (χ1) is 9.83. The topological polar surface area (TPSA) is 60.7 Å². The molecular formula is C15H10N4O. The first-order valence-corrected chi connectivity index (χ1v) is 6.33. The highest BCUT2D eigenvalue weighted by Crippen LogP contribution is 2.22. The molecule has 96 valence electrons. The van der Waals surface area contributed by atoms with E-state index in [1.54, 1.807) is 6.20 Å². The zero-order valence-electron chi connectivity index (χ0n) is 10.5. The van der Waals surface area contributed by atoms with Crippen LogP contribution in [-0.2, 0) is 6.42 Å². The molecule has 0 amide bonds. The fraction of sp³-hybridized carbons (Fsp3) is 0.0667. The summed E-state index contributed by atoms with van der Waals surface area (Å²) in [5.74, 6) is 1.02. The number of fused-ring (bicyclic) bond motifs is 2. The monoisotopic (exact) mass is 262 g/mol. The third-order valence-electron chi connectivity index (χ3n) is 3.36. The summed E-state index contributed by atoms with van der Waals surface area (Å²) in [7, 11) is 0. The van der Waals surface area contributed by atoms with Gasteiger partial charge in [-0.25, -0.2) is 4.98 Å². The van der Waals surface area contributed by atoms with Crippen LogP contribution in [0.2, 0.25) is 0 Å². The van der Waals surface area contributed by atoms with Gasteiger partial charge in [-0.3, -0.25) is 9.78 Å². The number of nitrogens with zero attached hydrogens (tertiary/aromatic N) is 4. The smallest absolute Gasteiger partial charge is 0.267 e. The minimum Gasteiger partial charge on any atom is -0.267 e. The summed E-state index contributed by atoms with van der Waals surface area (Å²) in [4.78, 5) is 21.0.